The van der Waals surface area contributed by atoms with E-state index in [1.165, 1.54) is 274 Å². The zero-order valence-electron chi connectivity index (χ0n) is 78.1. The lowest BCUT2D eigenvalue weighted by Gasteiger charge is -2.21. The third-order valence-electron chi connectivity index (χ3n) is 29.4. The molecule has 0 saturated carbocycles. The fourth-order valence-corrected chi connectivity index (χ4v) is 22.9. The van der Waals surface area contributed by atoms with Crippen molar-refractivity contribution in [3.63, 3.8) is 0 Å². The van der Waals surface area contributed by atoms with E-state index in [1.54, 1.807) is 0 Å². The van der Waals surface area contributed by atoms with Crippen LogP contribution < -0.4 is 0 Å². The van der Waals surface area contributed by atoms with Crippen molar-refractivity contribution in [1.29, 1.82) is 0 Å². The van der Waals surface area contributed by atoms with Gasteiger partial charge in [0.25, 0.3) is 0 Å². The van der Waals surface area contributed by atoms with Crippen molar-refractivity contribution in [2.75, 3.05) is 0 Å². The Hall–Kier alpha value is -18.5. The van der Waals surface area contributed by atoms with Gasteiger partial charge in [0.1, 0.15) is 0 Å². The molecule has 28 aromatic carbocycles. The molecule has 28 aromatic rings. The Morgan fingerprint density at radius 1 is 0.0704 bits per heavy atom. The summed E-state index contributed by atoms with van der Waals surface area (Å²) in [6.07, 6.45) is 0. The second-order valence-corrected chi connectivity index (χ2v) is 37.3. The highest BCUT2D eigenvalue weighted by molar-refractivity contribution is 6.29. The van der Waals surface area contributed by atoms with Crippen LogP contribution >= 0.6 is 0 Å². The Bertz CT molecular complexity index is 9820. The van der Waals surface area contributed by atoms with Gasteiger partial charge in [-0.1, -0.05) is 528 Å². The van der Waals surface area contributed by atoms with E-state index in [9.17, 15) is 0 Å². The summed E-state index contributed by atoms with van der Waals surface area (Å²) in [4.78, 5) is 0. The Morgan fingerprint density at radius 2 is 0.303 bits per heavy atom. The van der Waals surface area contributed by atoms with Gasteiger partial charge in [-0.25, -0.2) is 0 Å². The van der Waals surface area contributed by atoms with Crippen molar-refractivity contribution in [3.8, 4) is 134 Å². The Morgan fingerprint density at radius 3 is 0.782 bits per heavy atom. The topological polar surface area (TPSA) is 0 Å². The van der Waals surface area contributed by atoms with Gasteiger partial charge in [-0.3, -0.25) is 0 Å². The van der Waals surface area contributed by atoms with Crippen molar-refractivity contribution in [3.05, 3.63) is 558 Å². The molecule has 0 heterocycles. The molecule has 0 saturated heterocycles. The molecule has 0 aliphatic rings. The molecule has 660 valence electrons. The summed E-state index contributed by atoms with van der Waals surface area (Å²) in [6, 6.07) is 205. The van der Waals surface area contributed by atoms with E-state index in [1.807, 2.05) is 0 Å². The lowest BCUT2D eigenvalue weighted by Crippen LogP contribution is -1.94. The minimum Gasteiger partial charge on any atom is -0.0622 e. The average Bonchev–Trinajstić information content (AvgIpc) is 0.726. The van der Waals surface area contributed by atoms with Crippen LogP contribution in [0.2, 0.25) is 0 Å². The van der Waals surface area contributed by atoms with E-state index in [0.29, 0.717) is 0 Å². The van der Waals surface area contributed by atoms with Crippen LogP contribution in [-0.4, -0.2) is 0 Å². The number of hydrogen-bond donors (Lipinski definition) is 0. The molecule has 0 atom stereocenters. The fourth-order valence-electron chi connectivity index (χ4n) is 22.9. The number of hydrogen-bond acceptors (Lipinski definition) is 0. The third kappa shape index (κ3) is 15.0. The molecule has 0 aliphatic heterocycles. The van der Waals surface area contributed by atoms with E-state index in [0.717, 1.165) is 0 Å². The molecule has 0 fully saturated rings. The maximum atomic E-state index is 2.45. The van der Waals surface area contributed by atoms with Crippen molar-refractivity contribution in [2.24, 2.45) is 0 Å². The third-order valence-corrected chi connectivity index (χ3v) is 29.4. The normalized spacial score (nSPS) is 11.5. The Balaban J connectivity index is 0.000000110. The molecule has 0 N–H and O–H groups in total. The molecular weight excluding hydrogens is 1710 g/mol. The van der Waals surface area contributed by atoms with Crippen LogP contribution in [0.25, 0.3) is 274 Å². The Labute approximate surface area is 825 Å². The van der Waals surface area contributed by atoms with Gasteiger partial charge in [0.15, 0.2) is 0 Å². The minimum atomic E-state index is 1.22. The van der Waals surface area contributed by atoms with Crippen LogP contribution in [0, 0.1) is 0 Å². The molecule has 0 heteroatoms. The van der Waals surface area contributed by atoms with E-state index >= 15 is 0 Å². The first-order valence-electron chi connectivity index (χ1n) is 49.2. The fraction of sp³-hybridized carbons (Fsp3) is 0. The molecule has 0 nitrogen and oxygen atoms in total. The predicted molar refractivity (Wildman–Crippen MR) is 612 cm³/mol. The smallest absolute Gasteiger partial charge is 0.00199 e. The van der Waals surface area contributed by atoms with Gasteiger partial charge in [-0.15, -0.1) is 0 Å². The van der Waals surface area contributed by atoms with E-state index in [-0.39, 0.29) is 0 Å². The summed E-state index contributed by atoms with van der Waals surface area (Å²) in [5.41, 5.74) is 30.0. The van der Waals surface area contributed by atoms with E-state index < -0.39 is 0 Å². The van der Waals surface area contributed by atoms with Crippen molar-refractivity contribution < 1.29 is 0 Å². The van der Waals surface area contributed by atoms with Gasteiger partial charge in [-0.2, -0.15) is 0 Å². The molecule has 142 heavy (non-hydrogen) atoms. The van der Waals surface area contributed by atoms with Crippen molar-refractivity contribution in [2.45, 2.75) is 0 Å². The van der Waals surface area contributed by atoms with Gasteiger partial charge in [0, 0.05) is 0 Å². The van der Waals surface area contributed by atoms with Crippen LogP contribution in [0.4, 0.5) is 0 Å². The molecule has 0 unspecified atom stereocenters. The number of fused-ring (bicyclic) bond motifs is 13. The van der Waals surface area contributed by atoms with Gasteiger partial charge < -0.3 is 0 Å². The van der Waals surface area contributed by atoms with Crippen molar-refractivity contribution in [1.82, 2.24) is 0 Å². The van der Waals surface area contributed by atoms with Crippen molar-refractivity contribution >= 4 is 140 Å². The first-order valence-corrected chi connectivity index (χ1v) is 49.2. The summed E-state index contributed by atoms with van der Waals surface area (Å²) < 4.78 is 0. The SMILES string of the molecule is c1ccc(-c2ccc3c(-c4ccc(-c5cccc6ccccc56)c5ccccc45)c4ccccc4c(-c4ccc5ccccc5c4)c3c2)cc1.c1ccc(-c2ccc3c(-c4ccccc4-c4ccccc4)c4ccccc4c(-c4cccc5ccccc45)c3c2)cc1.c1ccc(-c2cccc3ccc(-c4c5ccccc5c(-c5cccc6ccccc56)c5cc(-c6cccc7ccccc67)ccc45)cc23)cc1. The monoisotopic (exact) mass is 1800 g/mol. The maximum absolute atomic E-state index is 2.45. The van der Waals surface area contributed by atoms with Gasteiger partial charge >= 0.3 is 0 Å². The van der Waals surface area contributed by atoms with Gasteiger partial charge in [0.2, 0.25) is 0 Å². The number of benzene rings is 28. The summed E-state index contributed by atoms with van der Waals surface area (Å²) in [5, 5.41) is 32.8. The quantitative estimate of drug-likeness (QED) is 0.107. The molecule has 28 rings (SSSR count). The minimum absolute atomic E-state index is 1.22. The molecular formula is C142H92. The highest BCUT2D eigenvalue weighted by atomic mass is 14.3. The lowest BCUT2D eigenvalue weighted by molar-refractivity contribution is 1.60. The summed E-state index contributed by atoms with van der Waals surface area (Å²) in [7, 11) is 0. The van der Waals surface area contributed by atoms with Crippen LogP contribution in [0.5, 0.6) is 0 Å². The lowest BCUT2D eigenvalue weighted by atomic mass is 9.82. The van der Waals surface area contributed by atoms with Crippen LogP contribution in [0.3, 0.4) is 0 Å². The maximum Gasteiger partial charge on any atom is -0.00199 e. The second kappa shape index (κ2) is 36.2. The molecule has 0 aromatic heterocycles. The molecule has 0 aliphatic carbocycles. The van der Waals surface area contributed by atoms with E-state index in [4.69, 9.17) is 0 Å². The average molecular weight is 1800 g/mol. The van der Waals surface area contributed by atoms with Gasteiger partial charge in [-0.05, 0) is 304 Å². The predicted octanol–water partition coefficient (Wildman–Crippen LogP) is 40.1. The molecule has 0 radical (unpaired) electrons. The standard InChI is InChI=1S/2C50H32.C42H28/c1-2-13-33(14-3-1)41-24-11-19-36-27-28-38(32-47(36)41)49-44-22-8-9-23-45(44)50(43-26-12-18-35-16-5-7-21-40(35)43)48-31-37(29-30-46(48)49)42-25-10-17-34-15-4-6-20-39(34)42;1-2-13-33(14-3-1)37-27-28-47-48(32-37)49(38-26-25-34-15-4-5-17-36(34)31-38)44-22-10-11-23-45(44)50(47)46-30-29-43(41-20-8-9-21-42(41)46)40-24-12-18-35-16-6-7-19-39(35)40;1-3-14-29(15-4-1)32-26-27-39-40(28-32)42(36-25-13-19-31-18-7-8-20-34(31)36)38-24-12-11-23-37(38)41(39)35-22-10-9-21-33(35)30-16-5-2-6-17-30/h2*1-32H;1-28H. The number of rotatable bonds is 12. The second-order valence-electron chi connectivity index (χ2n) is 37.3. The first-order chi connectivity index (χ1) is 70.5. The van der Waals surface area contributed by atoms with Gasteiger partial charge in [0.05, 0.1) is 0 Å². The summed E-state index contributed by atoms with van der Waals surface area (Å²) in [5.74, 6) is 0. The molecule has 0 amide bonds. The zero-order valence-corrected chi connectivity index (χ0v) is 78.1. The van der Waals surface area contributed by atoms with E-state index in [2.05, 4.69) is 558 Å². The Kier molecular flexibility index (Phi) is 21.4. The van der Waals surface area contributed by atoms with Crippen LogP contribution in [0.1, 0.15) is 0 Å². The van der Waals surface area contributed by atoms with Crippen LogP contribution in [-0.2, 0) is 0 Å². The highest BCUT2D eigenvalue weighted by Gasteiger charge is 2.26. The largest absolute Gasteiger partial charge is 0.0622 e. The summed E-state index contributed by atoms with van der Waals surface area (Å²) in [6.45, 7) is 0. The van der Waals surface area contributed by atoms with Crippen LogP contribution in [0.15, 0.2) is 558 Å². The molecule has 0 bridgehead atoms. The molecule has 0 spiro atoms. The zero-order chi connectivity index (χ0) is 93.9. The first kappa shape index (κ1) is 84.1. The highest BCUT2D eigenvalue weighted by Crippen LogP contribution is 2.54. The summed E-state index contributed by atoms with van der Waals surface area (Å²) >= 11 is 0.